The molecule has 14 N–H and O–H groups in total. The first-order chi connectivity index (χ1) is 30.1. The standard InChI is InChI=1S/C43H70N10O11/c1-22(2)17-29-40(60)51-31(19-24(5)6)43(63)64-34(35(46)55)33(42(62)47-25(7)36(56)49-29)53-41(61)32(21-54)52-38(58)28(15-11-12-16-44)48-39(59)30(18-23(3)4)50-37(57)27(45)20-26-13-9-8-10-14-26/h8-10,13-14,22-25,27-34,54H,11-12,15-21,44-45H2,1-7H3,(H2,46,55)(H,47,62)(H,48,59)(H,49,56)(H,50,57)(H,51,60)(H,52,58)(H,53,61)/t25-,27-,28+,29-,30+,31-,32-,33+,34+/m0/s1. The topological polar surface area (TPSA) is 345 Å². The predicted octanol–water partition coefficient (Wildman–Crippen LogP) is -2.36. The van der Waals surface area contributed by atoms with Gasteiger partial charge in [-0.2, -0.15) is 0 Å². The van der Waals surface area contributed by atoms with Crippen LogP contribution >= 0.6 is 0 Å². The molecule has 0 spiro atoms. The quantitative estimate of drug-likeness (QED) is 0.0429. The average molecular weight is 903 g/mol. The molecule has 64 heavy (non-hydrogen) atoms. The summed E-state index contributed by atoms with van der Waals surface area (Å²) >= 11 is 0. The van der Waals surface area contributed by atoms with Crippen molar-refractivity contribution >= 4 is 53.2 Å². The maximum Gasteiger partial charge on any atom is 0.329 e. The Bertz CT molecular complexity index is 1760. The van der Waals surface area contributed by atoms with Crippen LogP contribution in [0.25, 0.3) is 0 Å². The zero-order valence-electron chi connectivity index (χ0n) is 37.9. The summed E-state index contributed by atoms with van der Waals surface area (Å²) in [5.74, 6) is -9.23. The van der Waals surface area contributed by atoms with Gasteiger partial charge in [0, 0.05) is 0 Å². The summed E-state index contributed by atoms with van der Waals surface area (Å²) in [7, 11) is 0. The zero-order valence-corrected chi connectivity index (χ0v) is 37.9. The molecule has 1 aliphatic rings. The summed E-state index contributed by atoms with van der Waals surface area (Å²) in [5, 5.41) is 27.7. The van der Waals surface area contributed by atoms with Gasteiger partial charge in [0.05, 0.1) is 12.6 Å². The normalized spacial score (nSPS) is 21.6. The minimum Gasteiger partial charge on any atom is -0.448 e. The van der Waals surface area contributed by atoms with Crippen LogP contribution in [0, 0.1) is 17.8 Å². The number of nitrogens with two attached hydrogens (primary N) is 3. The molecule has 2 rings (SSSR count). The summed E-state index contributed by atoms with van der Waals surface area (Å²) in [5.41, 5.74) is 18.3. The Morgan fingerprint density at radius 1 is 0.719 bits per heavy atom. The molecule has 0 aromatic heterocycles. The first-order valence-electron chi connectivity index (χ1n) is 21.8. The van der Waals surface area contributed by atoms with Crippen molar-refractivity contribution in [3.8, 4) is 0 Å². The second-order valence-corrected chi connectivity index (χ2v) is 17.4. The molecule has 0 radical (unpaired) electrons. The summed E-state index contributed by atoms with van der Waals surface area (Å²) in [4.78, 5) is 122. The van der Waals surface area contributed by atoms with Gasteiger partial charge < -0.3 is 64.3 Å². The molecule has 1 fully saturated rings. The number of aliphatic hydroxyl groups is 1. The Morgan fingerprint density at radius 2 is 1.28 bits per heavy atom. The minimum absolute atomic E-state index is 0.00596. The summed E-state index contributed by atoms with van der Waals surface area (Å²) in [6.07, 6.45) is -0.880. The number of hydrogen-bond acceptors (Lipinski definition) is 13. The zero-order chi connectivity index (χ0) is 48.3. The van der Waals surface area contributed by atoms with Crippen LogP contribution < -0.4 is 54.4 Å². The summed E-state index contributed by atoms with van der Waals surface area (Å²) in [6.45, 7) is 11.3. The number of carbonyl (C=O) groups is 9. The number of nitrogens with one attached hydrogen (secondary N) is 7. The number of carbonyl (C=O) groups excluding carboxylic acids is 9. The molecule has 21 heteroatoms. The molecule has 0 unspecified atom stereocenters. The number of esters is 1. The highest BCUT2D eigenvalue weighted by Gasteiger charge is 2.42. The Hall–Kier alpha value is -5.67. The van der Waals surface area contributed by atoms with Crippen molar-refractivity contribution in [1.82, 2.24) is 37.2 Å². The molecule has 1 aromatic rings. The van der Waals surface area contributed by atoms with E-state index in [4.69, 9.17) is 21.9 Å². The maximum atomic E-state index is 13.9. The van der Waals surface area contributed by atoms with Gasteiger partial charge in [-0.15, -0.1) is 0 Å². The van der Waals surface area contributed by atoms with Crippen molar-refractivity contribution in [2.45, 2.75) is 148 Å². The highest BCUT2D eigenvalue weighted by molar-refractivity contribution is 6.00. The van der Waals surface area contributed by atoms with E-state index in [9.17, 15) is 48.3 Å². The van der Waals surface area contributed by atoms with E-state index in [0.29, 0.717) is 12.8 Å². The van der Waals surface area contributed by atoms with Gasteiger partial charge in [0.15, 0.2) is 6.04 Å². The average Bonchev–Trinajstić information content (AvgIpc) is 3.22. The highest BCUT2D eigenvalue weighted by atomic mass is 16.6. The molecule has 0 aliphatic carbocycles. The fraction of sp³-hybridized carbons (Fsp3) is 0.651. The monoisotopic (exact) mass is 903 g/mol. The van der Waals surface area contributed by atoms with Crippen molar-refractivity contribution in [3.63, 3.8) is 0 Å². The Labute approximate surface area is 374 Å². The van der Waals surface area contributed by atoms with E-state index >= 15 is 0 Å². The van der Waals surface area contributed by atoms with E-state index in [2.05, 4.69) is 37.2 Å². The second-order valence-electron chi connectivity index (χ2n) is 17.4. The number of amides is 8. The molecular weight excluding hydrogens is 833 g/mol. The lowest BCUT2D eigenvalue weighted by atomic mass is 10.00. The van der Waals surface area contributed by atoms with Crippen LogP contribution in [0.5, 0.6) is 0 Å². The maximum absolute atomic E-state index is 13.9. The molecule has 21 nitrogen and oxygen atoms in total. The summed E-state index contributed by atoms with van der Waals surface area (Å²) in [6, 6.07) is -2.23. The van der Waals surface area contributed by atoms with E-state index < -0.39 is 114 Å². The first-order valence-corrected chi connectivity index (χ1v) is 21.8. The molecule has 1 heterocycles. The first kappa shape index (κ1) is 54.5. The molecule has 0 bridgehead atoms. The fourth-order valence-corrected chi connectivity index (χ4v) is 6.80. The third kappa shape index (κ3) is 18.2. The van der Waals surface area contributed by atoms with Gasteiger partial charge in [0.2, 0.25) is 47.5 Å². The van der Waals surface area contributed by atoms with Crippen LogP contribution in [-0.2, 0) is 54.3 Å². The van der Waals surface area contributed by atoms with Crippen molar-refractivity contribution in [2.75, 3.05) is 13.2 Å². The molecule has 1 aromatic carbocycles. The van der Waals surface area contributed by atoms with Crippen LogP contribution in [0.1, 0.15) is 92.6 Å². The van der Waals surface area contributed by atoms with Gasteiger partial charge in [-0.1, -0.05) is 71.9 Å². The Kier molecular flexibility index (Phi) is 22.8. The van der Waals surface area contributed by atoms with E-state index in [-0.39, 0.29) is 56.4 Å². The fourth-order valence-electron chi connectivity index (χ4n) is 6.80. The largest absolute Gasteiger partial charge is 0.448 e. The SMILES string of the molecule is CC(C)C[C@@H]1NC(=O)[C@H](C)NC(=O)[C@H](NC(=O)[C@H](CO)NC(=O)[C@@H](CCCCN)NC(=O)[C@@H](CC(C)C)NC(=O)[C@@H](N)Cc2ccccc2)[C@H](C(N)=O)OC(=O)[C@H](CC(C)C)NC1=O. The second kappa shape index (κ2) is 26.8. The van der Waals surface area contributed by atoms with Gasteiger partial charge >= 0.3 is 5.97 Å². The number of hydrogen-bond donors (Lipinski definition) is 11. The lowest BCUT2D eigenvalue weighted by molar-refractivity contribution is -0.162. The molecular formula is C43H70N10O11. The van der Waals surface area contributed by atoms with Crippen LogP contribution in [0.2, 0.25) is 0 Å². The number of cyclic esters (lactones) is 1. The third-order valence-electron chi connectivity index (χ3n) is 10.2. The lowest BCUT2D eigenvalue weighted by Gasteiger charge is -2.29. The number of aliphatic hydroxyl groups excluding tert-OH is 1. The molecule has 1 saturated heterocycles. The van der Waals surface area contributed by atoms with Gasteiger partial charge in [-0.25, -0.2) is 4.79 Å². The minimum atomic E-state index is -2.22. The van der Waals surface area contributed by atoms with E-state index in [1.807, 2.05) is 45.9 Å². The molecule has 8 amide bonds. The van der Waals surface area contributed by atoms with Gasteiger partial charge in [-0.05, 0) is 81.7 Å². The van der Waals surface area contributed by atoms with Crippen LogP contribution in [0.15, 0.2) is 30.3 Å². The van der Waals surface area contributed by atoms with Gasteiger partial charge in [0.25, 0.3) is 5.91 Å². The number of rotatable bonds is 22. The van der Waals surface area contributed by atoms with E-state index in [1.54, 1.807) is 26.0 Å². The van der Waals surface area contributed by atoms with Crippen LogP contribution in [0.4, 0.5) is 0 Å². The molecule has 9 atom stereocenters. The van der Waals surface area contributed by atoms with Crippen molar-refractivity contribution in [2.24, 2.45) is 35.0 Å². The van der Waals surface area contributed by atoms with Gasteiger partial charge in [-0.3, -0.25) is 38.4 Å². The number of unbranched alkanes of at least 4 members (excludes halogenated alkanes) is 1. The lowest BCUT2D eigenvalue weighted by Crippen LogP contribution is -2.64. The number of ether oxygens (including phenoxy) is 1. The predicted molar refractivity (Wildman–Crippen MR) is 235 cm³/mol. The van der Waals surface area contributed by atoms with E-state index in [0.717, 1.165) is 5.56 Å². The van der Waals surface area contributed by atoms with E-state index in [1.165, 1.54) is 6.92 Å². The smallest absolute Gasteiger partial charge is 0.329 e. The number of benzene rings is 1. The highest BCUT2D eigenvalue weighted by Crippen LogP contribution is 2.14. The Morgan fingerprint density at radius 3 is 1.84 bits per heavy atom. The number of primary amides is 1. The van der Waals surface area contributed by atoms with Crippen molar-refractivity contribution < 1.29 is 53.0 Å². The van der Waals surface area contributed by atoms with Gasteiger partial charge in [0.1, 0.15) is 36.3 Å². The Balaban J connectivity index is 2.42. The van der Waals surface area contributed by atoms with Crippen LogP contribution in [-0.4, -0.2) is 126 Å². The third-order valence-corrected chi connectivity index (χ3v) is 10.2. The van der Waals surface area contributed by atoms with Crippen LogP contribution in [0.3, 0.4) is 0 Å². The van der Waals surface area contributed by atoms with Crippen molar-refractivity contribution in [3.05, 3.63) is 35.9 Å². The molecule has 1 aliphatic heterocycles. The molecule has 358 valence electrons. The molecule has 0 saturated carbocycles. The van der Waals surface area contributed by atoms with Crippen molar-refractivity contribution in [1.29, 1.82) is 0 Å². The summed E-state index contributed by atoms with van der Waals surface area (Å²) < 4.78 is 5.45.